The summed E-state index contributed by atoms with van der Waals surface area (Å²) in [4.78, 5) is 11.3. The molecule has 2 aromatic heterocycles. The first kappa shape index (κ1) is 14.5. The van der Waals surface area contributed by atoms with Gasteiger partial charge in [-0.2, -0.15) is 5.10 Å². The second kappa shape index (κ2) is 5.61. The molecule has 2 aliphatic heterocycles. The number of ether oxygens (including phenoxy) is 2. The Kier molecular flexibility index (Phi) is 3.26. The first-order valence-corrected chi connectivity index (χ1v) is 8.61. The molecule has 3 aromatic rings. The van der Waals surface area contributed by atoms with E-state index in [1.807, 2.05) is 25.4 Å². The molecule has 1 atom stereocenters. The molecule has 2 aliphatic rings. The maximum atomic E-state index is 5.94. The molecule has 1 aromatic carbocycles. The molecule has 0 bridgehead atoms. The van der Waals surface area contributed by atoms with Crippen LogP contribution < -0.4 is 14.4 Å². The van der Waals surface area contributed by atoms with Crippen LogP contribution in [-0.2, 0) is 7.05 Å². The Hall–Kier alpha value is -2.83. The Balaban J connectivity index is 1.61. The number of benzene rings is 1. The molecule has 0 amide bonds. The zero-order chi connectivity index (χ0) is 16.8. The van der Waals surface area contributed by atoms with Crippen molar-refractivity contribution in [3.8, 4) is 11.5 Å². The van der Waals surface area contributed by atoms with E-state index < -0.39 is 0 Å². The van der Waals surface area contributed by atoms with Crippen LogP contribution in [0, 0.1) is 0 Å². The lowest BCUT2D eigenvalue weighted by atomic mass is 10.0. The topological polar surface area (TPSA) is 65.3 Å². The average Bonchev–Trinajstić information content (AvgIpc) is 3.28. The molecule has 25 heavy (non-hydrogen) atoms. The van der Waals surface area contributed by atoms with Crippen LogP contribution in [0.3, 0.4) is 0 Å². The molecule has 0 N–H and O–H groups in total. The summed E-state index contributed by atoms with van der Waals surface area (Å²) in [5.74, 6) is 2.65. The van der Waals surface area contributed by atoms with Crippen molar-refractivity contribution in [3.05, 3.63) is 36.3 Å². The third-order valence-corrected chi connectivity index (χ3v) is 4.99. The van der Waals surface area contributed by atoms with Gasteiger partial charge in [0.25, 0.3) is 0 Å². The lowest BCUT2D eigenvalue weighted by Gasteiger charge is -2.29. The van der Waals surface area contributed by atoms with Gasteiger partial charge in [0.1, 0.15) is 25.4 Å². The van der Waals surface area contributed by atoms with Gasteiger partial charge in [0.05, 0.1) is 17.6 Å². The van der Waals surface area contributed by atoms with Crippen molar-refractivity contribution in [2.75, 3.05) is 24.7 Å². The summed E-state index contributed by atoms with van der Waals surface area (Å²) in [6.07, 6.45) is 5.64. The number of fused-ring (bicyclic) bond motifs is 2. The molecule has 128 valence electrons. The molecule has 0 saturated carbocycles. The van der Waals surface area contributed by atoms with E-state index in [1.54, 1.807) is 11.0 Å². The van der Waals surface area contributed by atoms with Crippen LogP contribution in [0.25, 0.3) is 11.0 Å². The first-order chi connectivity index (χ1) is 12.3. The van der Waals surface area contributed by atoms with Crippen LogP contribution in [0.1, 0.15) is 24.4 Å². The fourth-order valence-electron chi connectivity index (χ4n) is 3.88. The molecule has 1 fully saturated rings. The number of hydrogen-bond acceptors (Lipinski definition) is 6. The minimum absolute atomic E-state index is 0.218. The van der Waals surface area contributed by atoms with E-state index in [-0.39, 0.29) is 6.04 Å². The van der Waals surface area contributed by atoms with Crippen molar-refractivity contribution in [3.63, 3.8) is 0 Å². The molecule has 7 heteroatoms. The minimum Gasteiger partial charge on any atom is -0.486 e. The summed E-state index contributed by atoms with van der Waals surface area (Å²) in [5.41, 5.74) is 2.02. The molecule has 0 spiro atoms. The lowest BCUT2D eigenvalue weighted by molar-refractivity contribution is 0.169. The van der Waals surface area contributed by atoms with E-state index in [1.165, 1.54) is 5.56 Å². The van der Waals surface area contributed by atoms with Crippen molar-refractivity contribution in [1.82, 2.24) is 19.7 Å². The third-order valence-electron chi connectivity index (χ3n) is 4.99. The van der Waals surface area contributed by atoms with Gasteiger partial charge in [0, 0.05) is 19.2 Å². The fourth-order valence-corrected chi connectivity index (χ4v) is 3.88. The van der Waals surface area contributed by atoms with Crippen LogP contribution >= 0.6 is 0 Å². The van der Waals surface area contributed by atoms with Crippen LogP contribution in [-0.4, -0.2) is 39.5 Å². The summed E-state index contributed by atoms with van der Waals surface area (Å²) >= 11 is 0. The number of para-hydroxylation sites is 1. The SMILES string of the molecule is Cn1ncc2c(N3CCC[C@@H]3c3cccc4c3OCCO4)ncnc21. The Morgan fingerprint density at radius 3 is 3.04 bits per heavy atom. The number of aromatic nitrogens is 4. The van der Waals surface area contributed by atoms with Crippen LogP contribution in [0.5, 0.6) is 11.5 Å². The van der Waals surface area contributed by atoms with Gasteiger partial charge < -0.3 is 14.4 Å². The average molecular weight is 337 g/mol. The van der Waals surface area contributed by atoms with Gasteiger partial charge in [0.15, 0.2) is 17.1 Å². The van der Waals surface area contributed by atoms with Crippen LogP contribution in [0.15, 0.2) is 30.7 Å². The lowest BCUT2D eigenvalue weighted by Crippen LogP contribution is -2.25. The highest BCUT2D eigenvalue weighted by Gasteiger charge is 2.32. The first-order valence-electron chi connectivity index (χ1n) is 8.61. The Morgan fingerprint density at radius 2 is 2.08 bits per heavy atom. The van der Waals surface area contributed by atoms with E-state index in [2.05, 4.69) is 26.0 Å². The van der Waals surface area contributed by atoms with Crippen molar-refractivity contribution in [2.24, 2.45) is 7.05 Å². The van der Waals surface area contributed by atoms with E-state index in [0.29, 0.717) is 13.2 Å². The van der Waals surface area contributed by atoms with E-state index in [0.717, 1.165) is 47.7 Å². The summed E-state index contributed by atoms with van der Waals surface area (Å²) in [5, 5.41) is 5.32. The zero-order valence-corrected chi connectivity index (χ0v) is 14.1. The number of hydrogen-bond donors (Lipinski definition) is 0. The molecule has 4 heterocycles. The second-order valence-corrected chi connectivity index (χ2v) is 6.43. The Labute approximate surface area is 145 Å². The quantitative estimate of drug-likeness (QED) is 0.716. The van der Waals surface area contributed by atoms with Gasteiger partial charge in [-0.05, 0) is 18.9 Å². The number of nitrogens with zero attached hydrogens (tertiary/aromatic N) is 5. The van der Waals surface area contributed by atoms with Gasteiger partial charge in [-0.25, -0.2) is 9.97 Å². The minimum atomic E-state index is 0.218. The van der Waals surface area contributed by atoms with Gasteiger partial charge in [0.2, 0.25) is 0 Å². The van der Waals surface area contributed by atoms with E-state index in [4.69, 9.17) is 9.47 Å². The van der Waals surface area contributed by atoms with Crippen molar-refractivity contribution < 1.29 is 9.47 Å². The summed E-state index contributed by atoms with van der Waals surface area (Å²) in [7, 11) is 1.90. The number of aryl methyl sites for hydroxylation is 1. The summed E-state index contributed by atoms with van der Waals surface area (Å²) in [6, 6.07) is 6.37. The molecular weight excluding hydrogens is 318 g/mol. The normalized spacial score (nSPS) is 19.6. The van der Waals surface area contributed by atoms with Gasteiger partial charge >= 0.3 is 0 Å². The largest absolute Gasteiger partial charge is 0.486 e. The van der Waals surface area contributed by atoms with E-state index >= 15 is 0 Å². The van der Waals surface area contributed by atoms with Gasteiger partial charge in [-0.15, -0.1) is 0 Å². The molecule has 0 unspecified atom stereocenters. The maximum Gasteiger partial charge on any atom is 0.166 e. The van der Waals surface area contributed by atoms with Gasteiger partial charge in [-0.1, -0.05) is 12.1 Å². The fraction of sp³-hybridized carbons (Fsp3) is 0.389. The monoisotopic (exact) mass is 337 g/mol. The Morgan fingerprint density at radius 1 is 1.16 bits per heavy atom. The van der Waals surface area contributed by atoms with E-state index in [9.17, 15) is 0 Å². The highest BCUT2D eigenvalue weighted by molar-refractivity contribution is 5.87. The summed E-state index contributed by atoms with van der Waals surface area (Å²) in [6.45, 7) is 2.15. The predicted molar refractivity (Wildman–Crippen MR) is 93.1 cm³/mol. The maximum absolute atomic E-state index is 5.94. The van der Waals surface area contributed by atoms with Crippen molar-refractivity contribution >= 4 is 16.9 Å². The zero-order valence-electron chi connectivity index (χ0n) is 14.1. The molecule has 7 nitrogen and oxygen atoms in total. The molecule has 5 rings (SSSR count). The summed E-state index contributed by atoms with van der Waals surface area (Å²) < 4.78 is 13.5. The second-order valence-electron chi connectivity index (χ2n) is 6.43. The van der Waals surface area contributed by atoms with Crippen LogP contribution in [0.4, 0.5) is 5.82 Å². The predicted octanol–water partition coefficient (Wildman–Crippen LogP) is 2.48. The highest BCUT2D eigenvalue weighted by Crippen LogP contribution is 2.44. The smallest absolute Gasteiger partial charge is 0.166 e. The van der Waals surface area contributed by atoms with Crippen molar-refractivity contribution in [1.29, 1.82) is 0 Å². The number of anilines is 1. The molecular formula is C18H19N5O2. The Bertz CT molecular complexity index is 938. The molecule has 0 radical (unpaired) electrons. The number of rotatable bonds is 2. The molecule has 0 aliphatic carbocycles. The van der Waals surface area contributed by atoms with Crippen LogP contribution in [0.2, 0.25) is 0 Å². The third kappa shape index (κ3) is 2.22. The highest BCUT2D eigenvalue weighted by atomic mass is 16.6. The van der Waals surface area contributed by atoms with Crippen molar-refractivity contribution in [2.45, 2.75) is 18.9 Å². The van der Waals surface area contributed by atoms with Gasteiger partial charge in [-0.3, -0.25) is 4.68 Å². The molecule has 1 saturated heterocycles. The standard InChI is InChI=1S/C18H19N5O2/c1-22-17-13(10-21-22)18(20-11-19-17)23-7-3-5-14(23)12-4-2-6-15-16(12)25-9-8-24-15/h2,4,6,10-11,14H,3,5,7-9H2,1H3/t14-/m1/s1.